The molecule has 104 valence electrons. The topological polar surface area (TPSA) is 20.3 Å². The van der Waals surface area contributed by atoms with E-state index >= 15 is 0 Å². The Labute approximate surface area is 123 Å². The lowest BCUT2D eigenvalue weighted by atomic mass is 10.1. The molecule has 0 atom stereocenters. The van der Waals surface area contributed by atoms with Crippen LogP contribution in [0.1, 0.15) is 22.8 Å². The Balaban J connectivity index is 2.38. The van der Waals surface area contributed by atoms with Crippen molar-refractivity contribution in [2.45, 2.75) is 18.7 Å². The largest absolute Gasteiger partial charge is 0.309 e. The summed E-state index contributed by atoms with van der Waals surface area (Å²) in [4.78, 5) is 14.6. The number of aryl methyl sites for hydroxylation is 1. The highest BCUT2D eigenvalue weighted by Crippen LogP contribution is 2.21. The standard InChI is InChI=1S/C16H16FNOS/c1-3-18(12-6-4-11(2)5-7-12)16(19)14-10-13(20)8-9-15(14)17/h4-10,20H,3H2,1-2H3. The molecule has 2 nitrogen and oxygen atoms in total. The average Bonchev–Trinajstić information content (AvgIpc) is 2.44. The zero-order valence-corrected chi connectivity index (χ0v) is 12.3. The molecule has 0 unspecified atom stereocenters. The molecule has 0 saturated carbocycles. The summed E-state index contributed by atoms with van der Waals surface area (Å²) in [5.41, 5.74) is 1.91. The van der Waals surface area contributed by atoms with Crippen molar-refractivity contribution in [3.05, 3.63) is 59.4 Å². The van der Waals surface area contributed by atoms with Crippen molar-refractivity contribution in [3.63, 3.8) is 0 Å². The quantitative estimate of drug-likeness (QED) is 0.844. The predicted molar refractivity (Wildman–Crippen MR) is 82.2 cm³/mol. The van der Waals surface area contributed by atoms with Gasteiger partial charge in [0.15, 0.2) is 0 Å². The molecule has 20 heavy (non-hydrogen) atoms. The molecule has 0 N–H and O–H groups in total. The van der Waals surface area contributed by atoms with Crippen molar-refractivity contribution < 1.29 is 9.18 Å². The van der Waals surface area contributed by atoms with Crippen LogP contribution in [-0.4, -0.2) is 12.5 Å². The highest BCUT2D eigenvalue weighted by atomic mass is 32.1. The highest BCUT2D eigenvalue weighted by Gasteiger charge is 2.19. The first-order chi connectivity index (χ1) is 9.52. The fraction of sp³-hybridized carbons (Fsp3) is 0.188. The van der Waals surface area contributed by atoms with E-state index in [0.29, 0.717) is 11.4 Å². The summed E-state index contributed by atoms with van der Waals surface area (Å²) in [5, 5.41) is 0. The lowest BCUT2D eigenvalue weighted by Crippen LogP contribution is -2.31. The number of hydrogen-bond acceptors (Lipinski definition) is 2. The van der Waals surface area contributed by atoms with Crippen LogP contribution in [0.4, 0.5) is 10.1 Å². The van der Waals surface area contributed by atoms with Crippen LogP contribution in [0.3, 0.4) is 0 Å². The second-order valence-corrected chi connectivity index (χ2v) is 5.07. The molecule has 0 aromatic heterocycles. The van der Waals surface area contributed by atoms with Crippen LogP contribution >= 0.6 is 12.6 Å². The second-order valence-electron chi connectivity index (χ2n) is 4.55. The maximum Gasteiger partial charge on any atom is 0.261 e. The summed E-state index contributed by atoms with van der Waals surface area (Å²) in [6.07, 6.45) is 0. The van der Waals surface area contributed by atoms with Crippen molar-refractivity contribution >= 4 is 24.2 Å². The molecule has 0 heterocycles. The van der Waals surface area contributed by atoms with Gasteiger partial charge in [-0.25, -0.2) is 4.39 Å². The smallest absolute Gasteiger partial charge is 0.261 e. The van der Waals surface area contributed by atoms with Gasteiger partial charge in [-0.1, -0.05) is 17.7 Å². The van der Waals surface area contributed by atoms with E-state index in [0.717, 1.165) is 11.3 Å². The van der Waals surface area contributed by atoms with Gasteiger partial charge in [0.2, 0.25) is 0 Å². The maximum absolute atomic E-state index is 13.8. The van der Waals surface area contributed by atoms with Gasteiger partial charge in [0.25, 0.3) is 5.91 Å². The Morgan fingerprint density at radius 3 is 2.45 bits per heavy atom. The predicted octanol–water partition coefficient (Wildman–Crippen LogP) is 4.09. The molecule has 2 aromatic rings. The second kappa shape index (κ2) is 6.09. The molecule has 2 rings (SSSR count). The van der Waals surface area contributed by atoms with Gasteiger partial charge in [-0.15, -0.1) is 12.6 Å². The Bertz CT molecular complexity index is 625. The molecule has 0 saturated heterocycles. The molecule has 1 amide bonds. The van der Waals surface area contributed by atoms with Gasteiger partial charge in [0.05, 0.1) is 5.56 Å². The van der Waals surface area contributed by atoms with Gasteiger partial charge >= 0.3 is 0 Å². The first-order valence-electron chi connectivity index (χ1n) is 6.40. The van der Waals surface area contributed by atoms with E-state index in [4.69, 9.17) is 0 Å². The Kier molecular flexibility index (Phi) is 4.45. The molecular weight excluding hydrogens is 273 g/mol. The summed E-state index contributed by atoms with van der Waals surface area (Å²) >= 11 is 4.16. The van der Waals surface area contributed by atoms with E-state index < -0.39 is 5.82 Å². The molecule has 4 heteroatoms. The average molecular weight is 289 g/mol. The number of hydrogen-bond donors (Lipinski definition) is 1. The number of thiol groups is 1. The van der Waals surface area contributed by atoms with Crippen molar-refractivity contribution in [1.82, 2.24) is 0 Å². The van der Waals surface area contributed by atoms with E-state index in [2.05, 4.69) is 12.6 Å². The number of carbonyl (C=O) groups is 1. The number of anilines is 1. The summed E-state index contributed by atoms with van der Waals surface area (Å²) < 4.78 is 13.8. The number of amides is 1. The van der Waals surface area contributed by atoms with E-state index in [9.17, 15) is 9.18 Å². The fourth-order valence-electron chi connectivity index (χ4n) is 1.99. The first kappa shape index (κ1) is 14.6. The normalized spacial score (nSPS) is 10.4. The van der Waals surface area contributed by atoms with Crippen molar-refractivity contribution in [2.24, 2.45) is 0 Å². The van der Waals surface area contributed by atoms with Crippen LogP contribution in [0.5, 0.6) is 0 Å². The van der Waals surface area contributed by atoms with Gasteiger partial charge in [-0.3, -0.25) is 4.79 Å². The lowest BCUT2D eigenvalue weighted by Gasteiger charge is -2.21. The van der Waals surface area contributed by atoms with Crippen LogP contribution < -0.4 is 4.90 Å². The zero-order chi connectivity index (χ0) is 14.7. The molecule has 2 aromatic carbocycles. The summed E-state index contributed by atoms with van der Waals surface area (Å²) in [6.45, 7) is 4.31. The number of rotatable bonds is 3. The minimum Gasteiger partial charge on any atom is -0.309 e. The lowest BCUT2D eigenvalue weighted by molar-refractivity contribution is 0.0984. The maximum atomic E-state index is 13.8. The number of carbonyl (C=O) groups excluding carboxylic acids is 1. The molecule has 0 aliphatic carbocycles. The minimum absolute atomic E-state index is 0.0416. The van der Waals surface area contributed by atoms with E-state index in [1.165, 1.54) is 18.2 Å². The molecule has 0 spiro atoms. The third-order valence-electron chi connectivity index (χ3n) is 3.09. The summed E-state index contributed by atoms with van der Waals surface area (Å²) in [7, 11) is 0. The minimum atomic E-state index is -0.529. The van der Waals surface area contributed by atoms with Crippen LogP contribution in [0.25, 0.3) is 0 Å². The van der Waals surface area contributed by atoms with E-state index in [1.54, 1.807) is 4.90 Å². The van der Waals surface area contributed by atoms with E-state index in [-0.39, 0.29) is 11.5 Å². The molecular formula is C16H16FNOS. The zero-order valence-electron chi connectivity index (χ0n) is 11.4. The number of nitrogens with zero attached hydrogens (tertiary/aromatic N) is 1. The molecule has 0 bridgehead atoms. The van der Waals surface area contributed by atoms with Crippen molar-refractivity contribution in [2.75, 3.05) is 11.4 Å². The summed E-state index contributed by atoms with van der Waals surface area (Å²) in [6, 6.07) is 11.8. The Hall–Kier alpha value is -1.81. The molecule has 0 aliphatic heterocycles. The van der Waals surface area contributed by atoms with Crippen LogP contribution in [0, 0.1) is 12.7 Å². The van der Waals surface area contributed by atoms with Crippen molar-refractivity contribution in [1.29, 1.82) is 0 Å². The van der Waals surface area contributed by atoms with Crippen molar-refractivity contribution in [3.8, 4) is 0 Å². The molecule has 0 fully saturated rings. The fourth-order valence-corrected chi connectivity index (χ4v) is 2.19. The first-order valence-corrected chi connectivity index (χ1v) is 6.84. The Morgan fingerprint density at radius 1 is 1.20 bits per heavy atom. The highest BCUT2D eigenvalue weighted by molar-refractivity contribution is 7.80. The SMILES string of the molecule is CCN(C(=O)c1cc(S)ccc1F)c1ccc(C)cc1. The summed E-state index contributed by atoms with van der Waals surface area (Å²) in [5.74, 6) is -0.886. The van der Waals surface area contributed by atoms with Gasteiger partial charge in [0, 0.05) is 17.1 Å². The van der Waals surface area contributed by atoms with Crippen LogP contribution in [-0.2, 0) is 0 Å². The van der Waals surface area contributed by atoms with Gasteiger partial charge in [-0.2, -0.15) is 0 Å². The number of halogens is 1. The third-order valence-corrected chi connectivity index (χ3v) is 3.37. The van der Waals surface area contributed by atoms with Crippen LogP contribution in [0.15, 0.2) is 47.4 Å². The Morgan fingerprint density at radius 2 is 1.85 bits per heavy atom. The monoisotopic (exact) mass is 289 g/mol. The van der Waals surface area contributed by atoms with Gasteiger partial charge < -0.3 is 4.90 Å². The van der Waals surface area contributed by atoms with E-state index in [1.807, 2.05) is 38.1 Å². The molecule has 0 aliphatic rings. The number of benzene rings is 2. The van der Waals surface area contributed by atoms with Gasteiger partial charge in [0.1, 0.15) is 5.82 Å². The van der Waals surface area contributed by atoms with Crippen LogP contribution in [0.2, 0.25) is 0 Å². The molecule has 0 radical (unpaired) electrons. The van der Waals surface area contributed by atoms with Gasteiger partial charge in [-0.05, 0) is 44.2 Å². The third kappa shape index (κ3) is 3.02.